The number of aromatic nitrogens is 2. The van der Waals surface area contributed by atoms with E-state index < -0.39 is 22.6 Å². The Labute approximate surface area is 211 Å². The third-order valence-electron chi connectivity index (χ3n) is 7.28. The number of carboxylic acid groups (broad SMARTS) is 1. The Bertz CT molecular complexity index is 1320. The fraction of sp³-hybridized carbons (Fsp3) is 0.423. The van der Waals surface area contributed by atoms with Gasteiger partial charge in [-0.1, -0.05) is 17.7 Å². The fourth-order valence-electron chi connectivity index (χ4n) is 5.26. The van der Waals surface area contributed by atoms with Gasteiger partial charge in [-0.05, 0) is 55.9 Å². The van der Waals surface area contributed by atoms with Crippen molar-refractivity contribution in [3.63, 3.8) is 0 Å². The van der Waals surface area contributed by atoms with Gasteiger partial charge in [-0.25, -0.2) is 13.8 Å². The van der Waals surface area contributed by atoms with Gasteiger partial charge in [0.15, 0.2) is 0 Å². The second-order valence-electron chi connectivity index (χ2n) is 9.41. The van der Waals surface area contributed by atoms with Crippen LogP contribution in [0.1, 0.15) is 42.5 Å². The van der Waals surface area contributed by atoms with Crippen molar-refractivity contribution in [2.75, 3.05) is 13.2 Å². The molecule has 0 radical (unpaired) electrons. The Morgan fingerprint density at radius 3 is 2.69 bits per heavy atom. The molecule has 1 amide bonds. The highest BCUT2D eigenvalue weighted by Gasteiger charge is 2.30. The number of rotatable bonds is 6. The predicted molar refractivity (Wildman–Crippen MR) is 129 cm³/mol. The number of hydrogen-bond donors (Lipinski definition) is 1. The van der Waals surface area contributed by atoms with Gasteiger partial charge >= 0.3 is 5.97 Å². The molecule has 1 saturated carbocycles. The third kappa shape index (κ3) is 4.69. The minimum absolute atomic E-state index is 0.0710. The van der Waals surface area contributed by atoms with E-state index in [0.717, 1.165) is 22.7 Å². The lowest BCUT2D eigenvalue weighted by Gasteiger charge is -2.30. The summed E-state index contributed by atoms with van der Waals surface area (Å²) in [6, 6.07) is 6.31. The molecule has 0 atom stereocenters. The van der Waals surface area contributed by atoms with E-state index >= 15 is 0 Å². The van der Waals surface area contributed by atoms with Crippen LogP contribution in [0.3, 0.4) is 0 Å². The van der Waals surface area contributed by atoms with E-state index in [9.17, 15) is 18.4 Å². The standard InChI is InChI=1S/C26H26ClF2N3O4/c27-23-20(28)8-5-16(24(23)29)12-32-21-13-31(11-9-18(21)19-2-1-10-30-25(19)32)22(33)14-36-17-6-3-15(4-7-17)26(34)35/h1-2,5,8,10,15,17H,3-4,6-7,9,11-14H2,(H,34,35). The largest absolute Gasteiger partial charge is 0.481 e. The average molecular weight is 518 g/mol. The summed E-state index contributed by atoms with van der Waals surface area (Å²) in [5, 5.41) is 9.55. The summed E-state index contributed by atoms with van der Waals surface area (Å²) in [6.07, 6.45) is 4.52. The minimum atomic E-state index is -0.816. The second-order valence-corrected chi connectivity index (χ2v) is 9.79. The Balaban J connectivity index is 1.33. The van der Waals surface area contributed by atoms with Crippen LogP contribution < -0.4 is 0 Å². The number of pyridine rings is 1. The van der Waals surface area contributed by atoms with Crippen molar-refractivity contribution in [2.24, 2.45) is 5.92 Å². The molecule has 3 aromatic rings. The molecule has 1 aliphatic carbocycles. The lowest BCUT2D eigenvalue weighted by Crippen LogP contribution is -2.40. The van der Waals surface area contributed by atoms with E-state index in [1.807, 2.05) is 16.7 Å². The Morgan fingerprint density at radius 2 is 1.94 bits per heavy atom. The fourth-order valence-corrected chi connectivity index (χ4v) is 5.44. The average Bonchev–Trinajstić information content (AvgIpc) is 3.20. The third-order valence-corrected chi connectivity index (χ3v) is 7.62. The van der Waals surface area contributed by atoms with Crippen molar-refractivity contribution in [1.82, 2.24) is 14.5 Å². The van der Waals surface area contributed by atoms with Crippen molar-refractivity contribution in [2.45, 2.75) is 51.3 Å². The first kappa shape index (κ1) is 24.6. The number of benzene rings is 1. The maximum atomic E-state index is 14.7. The quantitative estimate of drug-likeness (QED) is 0.485. The molecular formula is C26H26ClF2N3O4. The van der Waals surface area contributed by atoms with Gasteiger partial charge in [0, 0.05) is 29.4 Å². The molecule has 190 valence electrons. The van der Waals surface area contributed by atoms with Crippen LogP contribution >= 0.6 is 11.6 Å². The van der Waals surface area contributed by atoms with Crippen LogP contribution in [0.4, 0.5) is 8.78 Å². The predicted octanol–water partition coefficient (Wildman–Crippen LogP) is 4.56. The van der Waals surface area contributed by atoms with Gasteiger partial charge < -0.3 is 19.3 Å². The highest BCUT2D eigenvalue weighted by Crippen LogP contribution is 2.32. The Morgan fingerprint density at radius 1 is 1.17 bits per heavy atom. The molecule has 0 unspecified atom stereocenters. The first-order valence-corrected chi connectivity index (χ1v) is 12.4. The lowest BCUT2D eigenvalue weighted by molar-refractivity contribution is -0.146. The monoisotopic (exact) mass is 517 g/mol. The van der Waals surface area contributed by atoms with Gasteiger partial charge in [-0.15, -0.1) is 0 Å². The summed E-state index contributed by atoms with van der Waals surface area (Å²) in [6.45, 7) is 0.861. The zero-order chi connectivity index (χ0) is 25.4. The molecule has 0 bridgehead atoms. The van der Waals surface area contributed by atoms with Crippen LogP contribution in [0.5, 0.6) is 0 Å². The van der Waals surface area contributed by atoms with E-state index in [1.165, 1.54) is 6.07 Å². The van der Waals surface area contributed by atoms with Crippen LogP contribution in [-0.4, -0.2) is 50.7 Å². The van der Waals surface area contributed by atoms with Crippen LogP contribution in [0.25, 0.3) is 11.0 Å². The minimum Gasteiger partial charge on any atom is -0.481 e. The first-order chi connectivity index (χ1) is 17.3. The second kappa shape index (κ2) is 10.1. The lowest BCUT2D eigenvalue weighted by atomic mass is 9.87. The normalized spacial score (nSPS) is 19.9. The number of aliphatic carboxylic acids is 1. The summed E-state index contributed by atoms with van der Waals surface area (Å²) in [4.78, 5) is 30.4. The maximum Gasteiger partial charge on any atom is 0.306 e. The van der Waals surface area contributed by atoms with Crippen LogP contribution in [-0.2, 0) is 33.8 Å². The number of halogens is 3. The van der Waals surface area contributed by atoms with E-state index in [1.54, 1.807) is 11.1 Å². The molecule has 1 N–H and O–H groups in total. The highest BCUT2D eigenvalue weighted by molar-refractivity contribution is 6.30. The maximum absolute atomic E-state index is 14.7. The number of ether oxygens (including phenoxy) is 1. The molecule has 7 nitrogen and oxygen atoms in total. The van der Waals surface area contributed by atoms with Gasteiger partial charge in [0.25, 0.3) is 0 Å². The molecule has 2 aliphatic rings. The van der Waals surface area contributed by atoms with Gasteiger partial charge in [0.2, 0.25) is 5.91 Å². The molecule has 3 heterocycles. The molecule has 0 spiro atoms. The molecule has 1 aromatic carbocycles. The first-order valence-electron chi connectivity index (χ1n) is 12.0. The topological polar surface area (TPSA) is 84.7 Å². The van der Waals surface area contributed by atoms with E-state index in [0.29, 0.717) is 50.8 Å². The highest BCUT2D eigenvalue weighted by atomic mass is 35.5. The summed E-state index contributed by atoms with van der Waals surface area (Å²) in [5.41, 5.74) is 2.81. The number of hydrogen-bond acceptors (Lipinski definition) is 4. The van der Waals surface area contributed by atoms with Gasteiger partial charge in [-0.3, -0.25) is 9.59 Å². The molecule has 36 heavy (non-hydrogen) atoms. The smallest absolute Gasteiger partial charge is 0.306 e. The van der Waals surface area contributed by atoms with E-state index in [2.05, 4.69) is 4.98 Å². The van der Waals surface area contributed by atoms with Crippen molar-refractivity contribution in [1.29, 1.82) is 0 Å². The molecular weight excluding hydrogens is 492 g/mol. The summed E-state index contributed by atoms with van der Waals surface area (Å²) >= 11 is 5.80. The number of fused-ring (bicyclic) bond motifs is 3. The number of amides is 1. The summed E-state index contributed by atoms with van der Waals surface area (Å²) in [5.74, 6) is -2.89. The number of carbonyl (C=O) groups excluding carboxylic acids is 1. The number of nitrogens with zero attached hydrogens (tertiary/aromatic N) is 3. The van der Waals surface area contributed by atoms with Gasteiger partial charge in [-0.2, -0.15) is 0 Å². The SMILES string of the molecule is O=C(O)C1CCC(OCC(=O)N2CCc3c(n(Cc4ccc(F)c(Cl)c4F)c4ncccc34)C2)CC1. The zero-order valence-corrected chi connectivity index (χ0v) is 20.3. The van der Waals surface area contributed by atoms with Crippen molar-refractivity contribution < 1.29 is 28.2 Å². The van der Waals surface area contributed by atoms with E-state index in [4.69, 9.17) is 21.4 Å². The molecule has 10 heteroatoms. The summed E-state index contributed by atoms with van der Waals surface area (Å²) < 4.78 is 36.1. The van der Waals surface area contributed by atoms with Crippen molar-refractivity contribution >= 4 is 34.5 Å². The Kier molecular flexibility index (Phi) is 6.94. The van der Waals surface area contributed by atoms with Gasteiger partial charge in [0.1, 0.15) is 28.9 Å². The number of carboxylic acids is 1. The Hall–Kier alpha value is -3.04. The van der Waals surface area contributed by atoms with Crippen LogP contribution in [0.2, 0.25) is 5.02 Å². The molecule has 5 rings (SSSR count). The number of carbonyl (C=O) groups is 2. The van der Waals surface area contributed by atoms with Crippen molar-refractivity contribution in [3.05, 3.63) is 63.9 Å². The van der Waals surface area contributed by atoms with Crippen LogP contribution in [0, 0.1) is 17.6 Å². The summed E-state index contributed by atoms with van der Waals surface area (Å²) in [7, 11) is 0. The van der Waals surface area contributed by atoms with Crippen LogP contribution in [0.15, 0.2) is 30.5 Å². The molecule has 1 aliphatic heterocycles. The van der Waals surface area contributed by atoms with Crippen molar-refractivity contribution in [3.8, 4) is 0 Å². The molecule has 0 saturated heterocycles. The zero-order valence-electron chi connectivity index (χ0n) is 19.6. The molecule has 1 fully saturated rings. The van der Waals surface area contributed by atoms with Gasteiger partial charge in [0.05, 0.1) is 25.1 Å². The molecule has 2 aromatic heterocycles. The van der Waals surface area contributed by atoms with E-state index in [-0.39, 0.29) is 36.6 Å².